The van der Waals surface area contributed by atoms with Crippen LogP contribution in [0, 0.1) is 17.0 Å². The molecule has 0 aliphatic heterocycles. The number of hydrogen-bond acceptors (Lipinski definition) is 6. The Labute approximate surface area is 156 Å². The monoisotopic (exact) mass is 369 g/mol. The van der Waals surface area contributed by atoms with Crippen molar-refractivity contribution >= 4 is 17.4 Å². The number of benzene rings is 2. The number of carbonyl (C=O) groups excluding carboxylic acids is 2. The summed E-state index contributed by atoms with van der Waals surface area (Å²) in [6.07, 6.45) is 3.20. The minimum atomic E-state index is -0.676. The molecule has 2 aromatic carbocycles. The van der Waals surface area contributed by atoms with E-state index in [1.807, 2.05) is 18.2 Å². The van der Waals surface area contributed by atoms with E-state index in [0.29, 0.717) is 11.3 Å². The highest BCUT2D eigenvalue weighted by Crippen LogP contribution is 2.26. The number of fused-ring (bicyclic) bond motifs is 1. The lowest BCUT2D eigenvalue weighted by Gasteiger charge is -2.08. The van der Waals surface area contributed by atoms with Crippen LogP contribution >= 0.6 is 0 Å². The number of ether oxygens (including phenoxy) is 2. The minimum Gasteiger partial charge on any atom is -0.482 e. The SMILES string of the molecule is Cc1ccc(C(=O)COC(=O)COc2ccc3c(c2)CCC3)cc1[N+](=O)[O-]. The van der Waals surface area contributed by atoms with Crippen LogP contribution in [0.4, 0.5) is 5.69 Å². The molecule has 0 saturated carbocycles. The van der Waals surface area contributed by atoms with Gasteiger partial charge < -0.3 is 9.47 Å². The molecule has 0 atom stereocenters. The summed E-state index contributed by atoms with van der Waals surface area (Å²) in [5.74, 6) is -0.595. The molecule has 140 valence electrons. The quantitative estimate of drug-likeness (QED) is 0.322. The van der Waals surface area contributed by atoms with Crippen molar-refractivity contribution in [1.82, 2.24) is 0 Å². The first-order valence-electron chi connectivity index (χ1n) is 8.62. The Kier molecular flexibility index (Phi) is 5.49. The van der Waals surface area contributed by atoms with Crippen molar-refractivity contribution in [2.75, 3.05) is 13.2 Å². The number of aryl methyl sites for hydroxylation is 3. The van der Waals surface area contributed by atoms with E-state index < -0.39 is 23.3 Å². The Morgan fingerprint density at radius 1 is 1.07 bits per heavy atom. The van der Waals surface area contributed by atoms with Crippen LogP contribution in [0.1, 0.15) is 33.5 Å². The number of ketones is 1. The maximum Gasteiger partial charge on any atom is 0.344 e. The second-order valence-electron chi connectivity index (χ2n) is 6.41. The third-order valence-corrected chi connectivity index (χ3v) is 4.52. The highest BCUT2D eigenvalue weighted by atomic mass is 16.6. The van der Waals surface area contributed by atoms with Gasteiger partial charge in [-0.15, -0.1) is 0 Å². The summed E-state index contributed by atoms with van der Waals surface area (Å²) in [7, 11) is 0. The molecule has 0 spiro atoms. The summed E-state index contributed by atoms with van der Waals surface area (Å²) < 4.78 is 10.3. The number of Topliss-reactive ketones (excluding diaryl/α,β-unsaturated/α-hetero) is 1. The van der Waals surface area contributed by atoms with Crippen LogP contribution in [0.2, 0.25) is 0 Å². The molecular formula is C20H19NO6. The Balaban J connectivity index is 1.51. The summed E-state index contributed by atoms with van der Waals surface area (Å²) in [6.45, 7) is 0.787. The number of nitro benzene ring substituents is 1. The molecule has 2 aromatic rings. The zero-order valence-corrected chi connectivity index (χ0v) is 14.9. The molecule has 0 aromatic heterocycles. The molecule has 0 radical (unpaired) electrons. The van der Waals surface area contributed by atoms with Crippen LogP contribution in [-0.2, 0) is 22.4 Å². The van der Waals surface area contributed by atoms with Gasteiger partial charge in [0.1, 0.15) is 5.75 Å². The molecule has 0 amide bonds. The summed E-state index contributed by atoms with van der Waals surface area (Å²) in [4.78, 5) is 34.3. The van der Waals surface area contributed by atoms with E-state index in [-0.39, 0.29) is 17.9 Å². The van der Waals surface area contributed by atoms with Crippen molar-refractivity contribution in [2.45, 2.75) is 26.2 Å². The Hall–Kier alpha value is -3.22. The first-order chi connectivity index (χ1) is 12.9. The number of carbonyl (C=O) groups is 2. The van der Waals surface area contributed by atoms with E-state index in [0.717, 1.165) is 19.3 Å². The molecule has 0 unspecified atom stereocenters. The van der Waals surface area contributed by atoms with Crippen molar-refractivity contribution in [2.24, 2.45) is 0 Å². The highest BCUT2D eigenvalue weighted by Gasteiger charge is 2.17. The number of nitro groups is 1. The average Bonchev–Trinajstić information content (AvgIpc) is 3.12. The predicted molar refractivity (Wildman–Crippen MR) is 97.1 cm³/mol. The summed E-state index contributed by atoms with van der Waals surface area (Å²) in [5, 5.41) is 10.9. The zero-order chi connectivity index (χ0) is 19.4. The maximum atomic E-state index is 12.1. The topological polar surface area (TPSA) is 95.7 Å². The molecule has 0 N–H and O–H groups in total. The second-order valence-corrected chi connectivity index (χ2v) is 6.41. The summed E-state index contributed by atoms with van der Waals surface area (Å²) in [6, 6.07) is 9.88. The first-order valence-corrected chi connectivity index (χ1v) is 8.62. The normalized spacial score (nSPS) is 12.3. The van der Waals surface area contributed by atoms with Crippen molar-refractivity contribution < 1.29 is 24.0 Å². The lowest BCUT2D eigenvalue weighted by Crippen LogP contribution is -2.19. The van der Waals surface area contributed by atoms with Crippen LogP contribution in [-0.4, -0.2) is 29.9 Å². The van der Waals surface area contributed by atoms with Crippen molar-refractivity contribution in [1.29, 1.82) is 0 Å². The van der Waals surface area contributed by atoms with Crippen molar-refractivity contribution in [3.63, 3.8) is 0 Å². The smallest absolute Gasteiger partial charge is 0.344 e. The van der Waals surface area contributed by atoms with Gasteiger partial charge in [-0.1, -0.05) is 18.2 Å². The van der Waals surface area contributed by atoms with Gasteiger partial charge in [0.25, 0.3) is 5.69 Å². The molecular weight excluding hydrogens is 350 g/mol. The number of rotatable bonds is 7. The van der Waals surface area contributed by atoms with E-state index in [1.165, 1.54) is 29.3 Å². The lowest BCUT2D eigenvalue weighted by atomic mass is 10.1. The first kappa shape index (κ1) is 18.6. The third kappa shape index (κ3) is 4.49. The van der Waals surface area contributed by atoms with Crippen LogP contribution in [0.25, 0.3) is 0 Å². The minimum absolute atomic E-state index is 0.125. The van der Waals surface area contributed by atoms with Crippen LogP contribution in [0.5, 0.6) is 5.75 Å². The molecule has 3 rings (SSSR count). The molecule has 1 aliphatic rings. The van der Waals surface area contributed by atoms with E-state index in [2.05, 4.69) is 0 Å². The van der Waals surface area contributed by atoms with Crippen molar-refractivity contribution in [3.05, 3.63) is 68.8 Å². The van der Waals surface area contributed by atoms with E-state index in [9.17, 15) is 19.7 Å². The molecule has 7 heteroatoms. The molecule has 7 nitrogen and oxygen atoms in total. The standard InChI is InChI=1S/C20H19NO6/c1-13-5-6-16(10-18(13)21(24)25)19(22)11-27-20(23)12-26-17-8-7-14-3-2-4-15(14)9-17/h5-10H,2-4,11-12H2,1H3. The van der Waals surface area contributed by atoms with Gasteiger partial charge in [0, 0.05) is 17.2 Å². The average molecular weight is 369 g/mol. The third-order valence-electron chi connectivity index (χ3n) is 4.52. The number of esters is 1. The second kappa shape index (κ2) is 7.99. The number of nitrogens with zero attached hydrogens (tertiary/aromatic N) is 1. The predicted octanol–water partition coefficient (Wildman–Crippen LogP) is 3.20. The summed E-state index contributed by atoms with van der Waals surface area (Å²) in [5.41, 5.74) is 2.97. The van der Waals surface area contributed by atoms with Gasteiger partial charge in [0.2, 0.25) is 5.78 Å². The molecule has 0 heterocycles. The summed E-state index contributed by atoms with van der Waals surface area (Å²) >= 11 is 0. The molecule has 1 aliphatic carbocycles. The van der Waals surface area contributed by atoms with Crippen molar-refractivity contribution in [3.8, 4) is 5.75 Å². The Bertz CT molecular complexity index is 905. The van der Waals surface area contributed by atoms with Crippen LogP contribution in [0.15, 0.2) is 36.4 Å². The fraction of sp³-hybridized carbons (Fsp3) is 0.300. The van der Waals surface area contributed by atoms with E-state index in [4.69, 9.17) is 9.47 Å². The molecule has 27 heavy (non-hydrogen) atoms. The van der Waals surface area contributed by atoms with Gasteiger partial charge in [-0.05, 0) is 49.4 Å². The molecule has 0 fully saturated rings. The van der Waals surface area contributed by atoms with Gasteiger partial charge in [-0.25, -0.2) is 4.79 Å². The molecule has 0 bridgehead atoms. The van der Waals surface area contributed by atoms with Crippen LogP contribution in [0.3, 0.4) is 0 Å². The van der Waals surface area contributed by atoms with Gasteiger partial charge in [-0.3, -0.25) is 14.9 Å². The Morgan fingerprint density at radius 2 is 1.85 bits per heavy atom. The van der Waals surface area contributed by atoms with Crippen LogP contribution < -0.4 is 4.74 Å². The fourth-order valence-corrected chi connectivity index (χ4v) is 3.03. The number of hydrogen-bond donors (Lipinski definition) is 0. The fourth-order valence-electron chi connectivity index (χ4n) is 3.03. The van der Waals surface area contributed by atoms with Gasteiger partial charge in [0.05, 0.1) is 4.92 Å². The van der Waals surface area contributed by atoms with Gasteiger partial charge in [-0.2, -0.15) is 0 Å². The van der Waals surface area contributed by atoms with E-state index in [1.54, 1.807) is 6.92 Å². The van der Waals surface area contributed by atoms with E-state index >= 15 is 0 Å². The largest absolute Gasteiger partial charge is 0.482 e. The molecule has 0 saturated heterocycles. The van der Waals surface area contributed by atoms with Gasteiger partial charge >= 0.3 is 5.97 Å². The van der Waals surface area contributed by atoms with Gasteiger partial charge in [0.15, 0.2) is 13.2 Å². The Morgan fingerprint density at radius 3 is 2.63 bits per heavy atom. The maximum absolute atomic E-state index is 12.1. The zero-order valence-electron chi connectivity index (χ0n) is 14.9. The highest BCUT2D eigenvalue weighted by molar-refractivity contribution is 5.98. The lowest BCUT2D eigenvalue weighted by molar-refractivity contribution is -0.385.